The molecular formula is C44H68N6O21S. The second-order valence-electron chi connectivity index (χ2n) is 17.9. The van der Waals surface area contributed by atoms with Crippen molar-refractivity contribution in [2.45, 2.75) is 148 Å². The number of urea groups is 1. The van der Waals surface area contributed by atoms with Crippen molar-refractivity contribution in [1.82, 2.24) is 31.9 Å². The van der Waals surface area contributed by atoms with E-state index in [9.17, 15) is 69.9 Å². The number of rotatable bonds is 25. The Kier molecular flexibility index (Phi) is 21.8. The number of aliphatic hydroxyl groups excluding tert-OH is 9. The largest absolute Gasteiger partial charge is 0.484 e. The van der Waals surface area contributed by atoms with E-state index in [1.807, 2.05) is 11.8 Å². The molecule has 5 aliphatic heterocycles. The van der Waals surface area contributed by atoms with Crippen molar-refractivity contribution in [1.29, 1.82) is 0 Å². The zero-order valence-corrected chi connectivity index (χ0v) is 40.2. The summed E-state index contributed by atoms with van der Waals surface area (Å²) in [7, 11) is 0. The number of nitrogens with one attached hydrogen (secondary N) is 6. The first-order valence-corrected chi connectivity index (χ1v) is 24.9. The van der Waals surface area contributed by atoms with Crippen LogP contribution < -0.4 is 36.6 Å². The Hall–Kier alpha value is -4.08. The number of hydrogen-bond acceptors (Lipinski definition) is 22. The molecule has 27 nitrogen and oxygen atoms in total. The van der Waals surface area contributed by atoms with Crippen LogP contribution >= 0.6 is 11.8 Å². The van der Waals surface area contributed by atoms with Crippen molar-refractivity contribution in [3.8, 4) is 5.75 Å². The van der Waals surface area contributed by atoms with Gasteiger partial charge < -0.3 is 111 Å². The van der Waals surface area contributed by atoms with Gasteiger partial charge in [-0.15, -0.1) is 0 Å². The van der Waals surface area contributed by atoms with Gasteiger partial charge >= 0.3 is 6.03 Å². The lowest BCUT2D eigenvalue weighted by Gasteiger charge is -2.48. The average molecular weight is 1050 g/mol. The number of carbonyl (C=O) groups excluding carboxylic acids is 5. The van der Waals surface area contributed by atoms with Crippen LogP contribution in [0.25, 0.3) is 0 Å². The van der Waals surface area contributed by atoms with Crippen LogP contribution in [0.2, 0.25) is 0 Å². The maximum absolute atomic E-state index is 13.0. The molecule has 1 aromatic rings. The lowest BCUT2D eigenvalue weighted by Crippen LogP contribution is -2.68. The topological polar surface area (TPSA) is 404 Å². The van der Waals surface area contributed by atoms with Crippen LogP contribution in [0.3, 0.4) is 0 Å². The fraction of sp³-hybridized carbons (Fsp3) is 0.750. The number of unbranched alkanes of at least 4 members (excludes halogenated alkanes) is 1. The number of benzene rings is 1. The van der Waals surface area contributed by atoms with E-state index < -0.39 is 130 Å². The Morgan fingerprint density at radius 3 is 2.10 bits per heavy atom. The molecule has 0 spiro atoms. The zero-order valence-electron chi connectivity index (χ0n) is 39.4. The summed E-state index contributed by atoms with van der Waals surface area (Å²) < 4.78 is 39.7. The van der Waals surface area contributed by atoms with E-state index in [1.165, 1.54) is 12.1 Å². The molecule has 5 heterocycles. The summed E-state index contributed by atoms with van der Waals surface area (Å²) in [5.74, 6) is -0.526. The first-order valence-electron chi connectivity index (χ1n) is 23.8. The molecule has 0 aromatic heterocycles. The maximum Gasteiger partial charge on any atom is 0.315 e. The van der Waals surface area contributed by atoms with Gasteiger partial charge in [-0.1, -0.05) is 12.5 Å². The van der Waals surface area contributed by atoms with Crippen LogP contribution in [0.15, 0.2) is 24.3 Å². The highest BCUT2D eigenvalue weighted by Gasteiger charge is 2.54. The van der Waals surface area contributed by atoms with Crippen molar-refractivity contribution < 1.29 is 103 Å². The number of fused-ring (bicyclic) bond motifs is 1. The van der Waals surface area contributed by atoms with Crippen molar-refractivity contribution in [3.05, 3.63) is 29.8 Å². The van der Waals surface area contributed by atoms with Crippen molar-refractivity contribution in [2.75, 3.05) is 58.4 Å². The molecule has 0 aliphatic carbocycles. The molecule has 406 valence electrons. The minimum atomic E-state index is -1.98. The van der Waals surface area contributed by atoms with Gasteiger partial charge in [-0.2, -0.15) is 11.8 Å². The van der Waals surface area contributed by atoms with Gasteiger partial charge in [0.25, 0.3) is 11.8 Å². The summed E-state index contributed by atoms with van der Waals surface area (Å²) in [4.78, 5) is 61.5. The second kappa shape index (κ2) is 27.5. The Bertz CT molecular complexity index is 1950. The monoisotopic (exact) mass is 1050 g/mol. The Morgan fingerprint density at radius 1 is 0.722 bits per heavy atom. The molecule has 15 N–H and O–H groups in total. The van der Waals surface area contributed by atoms with Crippen LogP contribution in [0.1, 0.15) is 49.4 Å². The molecule has 5 saturated heterocycles. The molecule has 1 aromatic carbocycles. The van der Waals surface area contributed by atoms with E-state index in [4.69, 9.17) is 33.2 Å². The normalized spacial score (nSPS) is 35.3. The van der Waals surface area contributed by atoms with Gasteiger partial charge in [-0.25, -0.2) is 4.79 Å². The highest BCUT2D eigenvalue weighted by Crippen LogP contribution is 2.35. The van der Waals surface area contributed by atoms with Crippen LogP contribution in [0.4, 0.5) is 4.79 Å². The highest BCUT2D eigenvalue weighted by molar-refractivity contribution is 8.00. The van der Waals surface area contributed by atoms with Crippen LogP contribution in [-0.2, 0) is 42.8 Å². The molecular weight excluding hydrogens is 981 g/mol. The lowest BCUT2D eigenvalue weighted by molar-refractivity contribution is -0.376. The molecule has 0 radical (unpaired) electrons. The quantitative estimate of drug-likeness (QED) is 0.0320. The molecule has 9 unspecified atom stereocenters. The number of thioether (sulfide) groups is 1. The third-order valence-electron chi connectivity index (χ3n) is 12.7. The smallest absolute Gasteiger partial charge is 0.315 e. The third kappa shape index (κ3) is 15.0. The van der Waals surface area contributed by atoms with E-state index in [0.29, 0.717) is 18.1 Å². The molecule has 5 aliphatic rings. The van der Waals surface area contributed by atoms with E-state index in [-0.39, 0.29) is 74.6 Å². The van der Waals surface area contributed by atoms with E-state index >= 15 is 0 Å². The molecule has 5 fully saturated rings. The average Bonchev–Trinajstić information content (AvgIpc) is 3.93. The molecule has 6 amide bonds. The van der Waals surface area contributed by atoms with E-state index in [1.54, 1.807) is 12.1 Å². The van der Waals surface area contributed by atoms with Crippen molar-refractivity contribution in [2.24, 2.45) is 0 Å². The summed E-state index contributed by atoms with van der Waals surface area (Å²) in [6, 6.07) is 4.95. The number of aliphatic hydroxyl groups is 9. The number of amides is 6. The minimum Gasteiger partial charge on any atom is -0.484 e. The lowest BCUT2D eigenvalue weighted by atomic mass is 9.95. The fourth-order valence-corrected chi connectivity index (χ4v) is 10.4. The van der Waals surface area contributed by atoms with Crippen LogP contribution in [0.5, 0.6) is 5.75 Å². The third-order valence-corrected chi connectivity index (χ3v) is 14.2. The predicted octanol–water partition coefficient (Wildman–Crippen LogP) is -6.25. The maximum atomic E-state index is 13.0. The Morgan fingerprint density at radius 2 is 1.39 bits per heavy atom. The molecule has 28 heteroatoms. The SMILES string of the molecule is CC(=O)NC1C(O)[C@H](O[C@@H]2OC(CO)[C@H](O)C(O[C@H]3OC(CO)[C@H](O)C(O)C3O)C2O)C(CO)O[C@H]1OCCCNC(=O)c1cccc(OCC(=O)NCCNC(=O)CCCC[C@@H]2SC[C@@H]3NC(=O)N[C@@H]32)c1. The summed E-state index contributed by atoms with van der Waals surface area (Å²) >= 11 is 1.83. The minimum absolute atomic E-state index is 0.0818. The standard InChI is InChI=1S/C44H68N6O21S/c1-20(54)48-31-34(59)38(70-43-37(62)39(33(58)25(16-52)68-43)71-42-36(61)35(60)32(57)24(15-51)67-42)26(17-53)69-41(31)65-13-5-10-47-40(63)21-6-4-7-22(14-21)66-18-29(56)46-12-11-45-28(55)9-3-2-8-27-30-23(19-72-27)49-44(64)50-30/h4,6-7,14,23-27,30-39,41-43,51-53,57-62H,2-3,5,8-13,15-19H2,1H3,(H,45,55)(H,46,56)(H,47,63)(H,48,54)(H2,49,50,64)/t23-,24?,25?,26?,27-,30-,31?,32-,33-,34?,35?,36?,37?,38+,39?,41+,42+,43-/m0/s1. The molecule has 72 heavy (non-hydrogen) atoms. The fourth-order valence-electron chi connectivity index (χ4n) is 8.85. The second-order valence-corrected chi connectivity index (χ2v) is 19.2. The van der Waals surface area contributed by atoms with Crippen molar-refractivity contribution >= 4 is 41.4 Å². The first kappa shape index (κ1) is 57.2. The van der Waals surface area contributed by atoms with Crippen molar-refractivity contribution in [3.63, 3.8) is 0 Å². The van der Waals surface area contributed by atoms with Gasteiger partial charge in [-0.3, -0.25) is 19.2 Å². The molecule has 18 atom stereocenters. The van der Waals surface area contributed by atoms with Gasteiger partial charge in [0, 0.05) is 49.5 Å². The summed E-state index contributed by atoms with van der Waals surface area (Å²) in [5.41, 5.74) is 0.227. The summed E-state index contributed by atoms with van der Waals surface area (Å²) in [5, 5.41) is 111. The molecule has 6 rings (SSSR count). The van der Waals surface area contributed by atoms with Gasteiger partial charge in [-0.05, 0) is 37.5 Å². The van der Waals surface area contributed by atoms with Gasteiger partial charge in [0.15, 0.2) is 25.5 Å². The predicted molar refractivity (Wildman–Crippen MR) is 245 cm³/mol. The molecule has 0 saturated carbocycles. The van der Waals surface area contributed by atoms with Crippen LogP contribution in [-0.4, -0.2) is 243 Å². The molecule has 0 bridgehead atoms. The van der Waals surface area contributed by atoms with Gasteiger partial charge in [0.05, 0.1) is 38.5 Å². The summed E-state index contributed by atoms with van der Waals surface area (Å²) in [6.45, 7) is -1.25. The first-order chi connectivity index (χ1) is 34.5. The number of ether oxygens (including phenoxy) is 7. The Labute approximate surface area is 417 Å². The zero-order chi connectivity index (χ0) is 52.1. The highest BCUT2D eigenvalue weighted by atomic mass is 32.2. The summed E-state index contributed by atoms with van der Waals surface area (Å²) in [6.07, 6.45) is -20.8. The Balaban J connectivity index is 0.899. The van der Waals surface area contributed by atoms with Crippen LogP contribution in [0, 0.1) is 0 Å². The van der Waals surface area contributed by atoms with Gasteiger partial charge in [0.2, 0.25) is 11.8 Å². The number of hydrogen-bond donors (Lipinski definition) is 15. The number of carbonyl (C=O) groups is 5. The van der Waals surface area contributed by atoms with E-state index in [0.717, 1.165) is 25.5 Å². The van der Waals surface area contributed by atoms with Gasteiger partial charge in [0.1, 0.15) is 78.9 Å². The van der Waals surface area contributed by atoms with E-state index in [2.05, 4.69) is 31.9 Å².